The number of esters is 1. The van der Waals surface area contributed by atoms with Gasteiger partial charge >= 0.3 is 5.97 Å². The van der Waals surface area contributed by atoms with Gasteiger partial charge in [-0.1, -0.05) is 24.3 Å². The fourth-order valence-corrected chi connectivity index (χ4v) is 2.91. The van der Waals surface area contributed by atoms with Crippen LogP contribution in [0.3, 0.4) is 0 Å². The summed E-state index contributed by atoms with van der Waals surface area (Å²) in [4.78, 5) is 24.9. The Bertz CT molecular complexity index is 1170. The molecule has 0 saturated heterocycles. The highest BCUT2D eigenvalue weighted by atomic mass is 16.5. The van der Waals surface area contributed by atoms with E-state index in [0.29, 0.717) is 5.56 Å². The van der Waals surface area contributed by atoms with E-state index in [4.69, 9.17) is 10.5 Å². The Hall–Kier alpha value is -4.20. The molecule has 30 heavy (non-hydrogen) atoms. The lowest BCUT2D eigenvalue weighted by molar-refractivity contribution is 0.0462. The van der Waals surface area contributed by atoms with Crippen molar-refractivity contribution in [3.8, 4) is 5.69 Å². The first kappa shape index (κ1) is 19.1. The molecule has 0 bridgehead atoms. The van der Waals surface area contributed by atoms with Gasteiger partial charge in [-0.2, -0.15) is 15.0 Å². The van der Waals surface area contributed by atoms with Gasteiger partial charge in [0.25, 0.3) is 0 Å². The Balaban J connectivity index is 1.46. The van der Waals surface area contributed by atoms with Crippen LogP contribution >= 0.6 is 0 Å². The van der Waals surface area contributed by atoms with Crippen LogP contribution in [-0.2, 0) is 11.3 Å². The molecule has 3 N–H and O–H groups in total. The molecule has 0 spiro atoms. The van der Waals surface area contributed by atoms with E-state index in [1.807, 2.05) is 66.3 Å². The van der Waals surface area contributed by atoms with Crippen LogP contribution in [-0.4, -0.2) is 25.5 Å². The number of hydrogen-bond donors (Lipinski definition) is 2. The second-order valence-electron chi connectivity index (χ2n) is 6.59. The molecule has 4 rings (SSSR count). The number of carbonyl (C=O) groups is 1. The van der Waals surface area contributed by atoms with Crippen molar-refractivity contribution < 1.29 is 9.53 Å². The molecule has 8 heteroatoms. The highest BCUT2D eigenvalue weighted by Gasteiger charge is 2.12. The van der Waals surface area contributed by atoms with Gasteiger partial charge in [-0.05, 0) is 48.9 Å². The molecule has 0 aliphatic rings. The number of hydrogen-bond acceptors (Lipinski definition) is 7. The largest absolute Gasteiger partial charge is 0.454 e. The van der Waals surface area contributed by atoms with Crippen LogP contribution < -0.4 is 11.1 Å². The summed E-state index contributed by atoms with van der Waals surface area (Å²) >= 11 is 0. The van der Waals surface area contributed by atoms with Gasteiger partial charge < -0.3 is 20.4 Å². The van der Waals surface area contributed by atoms with Crippen LogP contribution in [0.1, 0.15) is 21.7 Å². The van der Waals surface area contributed by atoms with Crippen LogP contribution in [0.5, 0.6) is 0 Å². The average Bonchev–Trinajstić information content (AvgIpc) is 3.28. The van der Waals surface area contributed by atoms with Crippen molar-refractivity contribution in [1.29, 1.82) is 0 Å². The van der Waals surface area contributed by atoms with Crippen molar-refractivity contribution in [2.75, 3.05) is 11.1 Å². The van der Waals surface area contributed by atoms with Crippen molar-refractivity contribution in [2.24, 2.45) is 0 Å². The van der Waals surface area contributed by atoms with Crippen molar-refractivity contribution in [3.63, 3.8) is 0 Å². The van der Waals surface area contributed by atoms with Gasteiger partial charge in [-0.15, -0.1) is 0 Å². The molecule has 0 saturated carbocycles. The first-order valence-corrected chi connectivity index (χ1v) is 9.32. The highest BCUT2D eigenvalue weighted by Crippen LogP contribution is 2.18. The summed E-state index contributed by atoms with van der Waals surface area (Å²) < 4.78 is 7.30. The van der Waals surface area contributed by atoms with E-state index in [1.165, 1.54) is 0 Å². The minimum Gasteiger partial charge on any atom is -0.454 e. The number of nitrogens with zero attached hydrogens (tertiary/aromatic N) is 4. The van der Waals surface area contributed by atoms with Crippen molar-refractivity contribution in [3.05, 3.63) is 90.0 Å². The third-order valence-electron chi connectivity index (χ3n) is 4.41. The molecule has 0 aliphatic heterocycles. The van der Waals surface area contributed by atoms with Gasteiger partial charge in [0.05, 0.1) is 5.56 Å². The summed E-state index contributed by atoms with van der Waals surface area (Å²) in [6.45, 7) is 1.85. The number of carbonyl (C=O) groups excluding carboxylic acids is 1. The van der Waals surface area contributed by atoms with E-state index in [0.717, 1.165) is 16.9 Å². The van der Waals surface area contributed by atoms with Crippen LogP contribution in [0.4, 0.5) is 17.6 Å². The summed E-state index contributed by atoms with van der Waals surface area (Å²) in [6, 6.07) is 18.7. The van der Waals surface area contributed by atoms with Gasteiger partial charge in [0.1, 0.15) is 0 Å². The molecule has 2 aromatic heterocycles. The van der Waals surface area contributed by atoms with Crippen molar-refractivity contribution in [1.82, 2.24) is 19.5 Å². The van der Waals surface area contributed by atoms with Crippen LogP contribution in [0.25, 0.3) is 5.69 Å². The zero-order valence-corrected chi connectivity index (χ0v) is 16.3. The molecule has 8 nitrogen and oxygen atoms in total. The summed E-state index contributed by atoms with van der Waals surface area (Å²) in [5.41, 5.74) is 8.98. The number of nitrogens with two attached hydrogens (primary N) is 1. The lowest BCUT2D eigenvalue weighted by Gasteiger charge is -2.10. The Kier molecular flexibility index (Phi) is 5.38. The number of anilines is 3. The van der Waals surface area contributed by atoms with Crippen molar-refractivity contribution >= 4 is 23.6 Å². The predicted molar refractivity (Wildman–Crippen MR) is 114 cm³/mol. The molecular weight excluding hydrogens is 380 g/mol. The van der Waals surface area contributed by atoms with E-state index in [2.05, 4.69) is 20.3 Å². The second-order valence-corrected chi connectivity index (χ2v) is 6.59. The molecule has 2 aromatic carbocycles. The van der Waals surface area contributed by atoms with Crippen molar-refractivity contribution in [2.45, 2.75) is 13.5 Å². The molecule has 0 fully saturated rings. The summed E-state index contributed by atoms with van der Waals surface area (Å²) in [5, 5.41) is 3.11. The summed E-state index contributed by atoms with van der Waals surface area (Å²) in [5.74, 6) is 0.115. The highest BCUT2D eigenvalue weighted by molar-refractivity contribution is 5.90. The fraction of sp³-hybridized carbons (Fsp3) is 0.0909. The van der Waals surface area contributed by atoms with Gasteiger partial charge in [0, 0.05) is 23.8 Å². The Labute approximate surface area is 173 Å². The lowest BCUT2D eigenvalue weighted by Crippen LogP contribution is -2.11. The third kappa shape index (κ3) is 4.44. The maximum atomic E-state index is 12.5. The van der Waals surface area contributed by atoms with Crippen LogP contribution in [0.2, 0.25) is 0 Å². The molecule has 150 valence electrons. The van der Waals surface area contributed by atoms with Gasteiger partial charge in [-0.3, -0.25) is 0 Å². The zero-order valence-electron chi connectivity index (χ0n) is 16.3. The van der Waals surface area contributed by atoms with E-state index < -0.39 is 5.97 Å². The maximum absolute atomic E-state index is 12.5. The predicted octanol–water partition coefficient (Wildman–Crippen LogP) is 3.65. The Morgan fingerprint density at radius 3 is 2.63 bits per heavy atom. The number of rotatable bonds is 6. The number of para-hydroxylation sites is 1. The molecule has 0 atom stereocenters. The molecule has 0 radical (unpaired) electrons. The SMILES string of the molecule is Cc1ccccc1Nc1nc(N)nc(COC(=O)c2cccc(-n3cccc3)c2)n1. The van der Waals surface area contributed by atoms with Gasteiger partial charge in [0.15, 0.2) is 12.4 Å². The average molecular weight is 400 g/mol. The van der Waals surface area contributed by atoms with Crippen LogP contribution in [0, 0.1) is 6.92 Å². The van der Waals surface area contributed by atoms with E-state index in [1.54, 1.807) is 18.2 Å². The Morgan fingerprint density at radius 2 is 1.83 bits per heavy atom. The number of aryl methyl sites for hydroxylation is 1. The maximum Gasteiger partial charge on any atom is 0.338 e. The molecule has 4 aromatic rings. The van der Waals surface area contributed by atoms with Crippen LogP contribution in [0.15, 0.2) is 73.1 Å². The van der Waals surface area contributed by atoms with E-state index in [9.17, 15) is 4.79 Å². The second kappa shape index (κ2) is 8.44. The standard InChI is InChI=1S/C22H20N6O2/c1-15-7-2-3-10-18(15)24-22-26-19(25-21(23)27-22)14-30-20(29)16-8-6-9-17(13-16)28-11-4-5-12-28/h2-13H,14H2,1H3,(H3,23,24,25,26,27). The minimum atomic E-state index is -0.476. The number of nitrogen functional groups attached to an aromatic ring is 1. The van der Waals surface area contributed by atoms with Gasteiger partial charge in [0.2, 0.25) is 11.9 Å². The van der Waals surface area contributed by atoms with E-state index >= 15 is 0 Å². The summed E-state index contributed by atoms with van der Waals surface area (Å²) in [7, 11) is 0. The number of nitrogens with one attached hydrogen (secondary N) is 1. The molecule has 2 heterocycles. The smallest absolute Gasteiger partial charge is 0.338 e. The fourth-order valence-electron chi connectivity index (χ4n) is 2.91. The molecule has 0 unspecified atom stereocenters. The van der Waals surface area contributed by atoms with E-state index in [-0.39, 0.29) is 24.3 Å². The number of ether oxygens (including phenoxy) is 1. The molecule has 0 aliphatic carbocycles. The first-order chi connectivity index (χ1) is 14.6. The molecule has 0 amide bonds. The van der Waals surface area contributed by atoms with Gasteiger partial charge in [-0.25, -0.2) is 4.79 Å². The monoisotopic (exact) mass is 400 g/mol. The lowest BCUT2D eigenvalue weighted by atomic mass is 10.2. The molecular formula is C22H20N6O2. The number of benzene rings is 2. The summed E-state index contributed by atoms with van der Waals surface area (Å²) in [6.07, 6.45) is 3.81. The minimum absolute atomic E-state index is 0.0433. The number of aromatic nitrogens is 4. The topological polar surface area (TPSA) is 108 Å². The first-order valence-electron chi connectivity index (χ1n) is 9.32. The Morgan fingerprint density at radius 1 is 1.03 bits per heavy atom. The normalized spacial score (nSPS) is 10.6. The quantitative estimate of drug-likeness (QED) is 0.476. The third-order valence-corrected chi connectivity index (χ3v) is 4.41. The zero-order chi connectivity index (χ0) is 20.9.